The molecular weight excluding hydrogens is 595 g/mol. The van der Waals surface area contributed by atoms with Crippen molar-refractivity contribution in [1.29, 1.82) is 0 Å². The number of benzene rings is 4. The van der Waals surface area contributed by atoms with Crippen LogP contribution in [0.1, 0.15) is 54.2 Å². The van der Waals surface area contributed by atoms with Gasteiger partial charge in [0.15, 0.2) is 0 Å². The molecule has 8 heteroatoms. The molecule has 4 aromatic carbocycles. The van der Waals surface area contributed by atoms with Crippen LogP contribution in [0.25, 0.3) is 0 Å². The fourth-order valence-corrected chi connectivity index (χ4v) is 6.84. The highest BCUT2D eigenvalue weighted by molar-refractivity contribution is 7.92. The molecule has 4 aromatic rings. The maximum Gasteiger partial charge on any atom is 0.264 e. The zero-order chi connectivity index (χ0) is 33.6. The predicted molar refractivity (Wildman–Crippen MR) is 185 cm³/mol. The Morgan fingerprint density at radius 3 is 1.93 bits per heavy atom. The molecule has 0 bridgehead atoms. The summed E-state index contributed by atoms with van der Waals surface area (Å²) < 4.78 is 29.8. The molecule has 1 N–H and O–H groups in total. The van der Waals surface area contributed by atoms with Crippen molar-refractivity contribution in [2.24, 2.45) is 0 Å². The second kappa shape index (κ2) is 14.3. The summed E-state index contributed by atoms with van der Waals surface area (Å²) in [5, 5.41) is 3.07. The molecule has 0 unspecified atom stereocenters. The minimum absolute atomic E-state index is 0.0850. The highest BCUT2D eigenvalue weighted by atomic mass is 32.2. The number of carbonyl (C=O) groups is 2. The molecule has 0 heterocycles. The Kier molecular flexibility index (Phi) is 10.7. The third kappa shape index (κ3) is 8.85. The molecule has 0 aliphatic carbocycles. The van der Waals surface area contributed by atoms with Gasteiger partial charge in [-0.05, 0) is 101 Å². The molecule has 0 spiro atoms. The zero-order valence-electron chi connectivity index (χ0n) is 27.9. The summed E-state index contributed by atoms with van der Waals surface area (Å²) in [5.41, 5.74) is 5.23. The molecule has 0 saturated heterocycles. The molecule has 242 valence electrons. The van der Waals surface area contributed by atoms with E-state index in [1.165, 1.54) is 9.21 Å². The molecule has 4 rings (SSSR count). The summed E-state index contributed by atoms with van der Waals surface area (Å²) >= 11 is 0. The molecule has 0 aliphatic rings. The van der Waals surface area contributed by atoms with Crippen molar-refractivity contribution >= 4 is 27.5 Å². The van der Waals surface area contributed by atoms with E-state index in [4.69, 9.17) is 0 Å². The van der Waals surface area contributed by atoms with E-state index in [1.807, 2.05) is 109 Å². The Labute approximate surface area is 274 Å². The van der Waals surface area contributed by atoms with E-state index < -0.39 is 34.1 Å². The lowest BCUT2D eigenvalue weighted by Gasteiger charge is -2.35. The van der Waals surface area contributed by atoms with Crippen molar-refractivity contribution in [1.82, 2.24) is 10.2 Å². The quantitative estimate of drug-likeness (QED) is 0.199. The van der Waals surface area contributed by atoms with E-state index in [9.17, 15) is 18.0 Å². The van der Waals surface area contributed by atoms with Gasteiger partial charge in [-0.15, -0.1) is 0 Å². The maximum atomic E-state index is 14.7. The van der Waals surface area contributed by atoms with Crippen LogP contribution < -0.4 is 9.62 Å². The Morgan fingerprint density at radius 2 is 1.35 bits per heavy atom. The molecule has 0 fully saturated rings. The van der Waals surface area contributed by atoms with Crippen LogP contribution in [0.2, 0.25) is 0 Å². The first-order valence-electron chi connectivity index (χ1n) is 15.5. The largest absolute Gasteiger partial charge is 0.350 e. The minimum atomic E-state index is -4.16. The highest BCUT2D eigenvalue weighted by Gasteiger charge is 2.36. The van der Waals surface area contributed by atoms with Gasteiger partial charge in [0.1, 0.15) is 12.6 Å². The van der Waals surface area contributed by atoms with Crippen LogP contribution in [0.5, 0.6) is 0 Å². The molecule has 1 atom stereocenters. The molecule has 2 amide bonds. The first-order chi connectivity index (χ1) is 21.6. The Morgan fingerprint density at radius 1 is 0.761 bits per heavy atom. The number of hydrogen-bond donors (Lipinski definition) is 1. The fraction of sp³-hybridized carbons (Fsp3) is 0.316. The first-order valence-corrected chi connectivity index (χ1v) is 17.0. The van der Waals surface area contributed by atoms with Crippen LogP contribution in [0.15, 0.2) is 102 Å². The molecule has 7 nitrogen and oxygen atoms in total. The Hall–Kier alpha value is -4.43. The highest BCUT2D eigenvalue weighted by Crippen LogP contribution is 2.27. The van der Waals surface area contributed by atoms with E-state index in [-0.39, 0.29) is 23.8 Å². The van der Waals surface area contributed by atoms with E-state index in [1.54, 1.807) is 36.4 Å². The lowest BCUT2D eigenvalue weighted by atomic mass is 10.00. The molecular formula is C38H45N3O4S. The smallest absolute Gasteiger partial charge is 0.264 e. The van der Waals surface area contributed by atoms with E-state index in [0.29, 0.717) is 5.69 Å². The van der Waals surface area contributed by atoms with Crippen molar-refractivity contribution in [2.75, 3.05) is 10.8 Å². The van der Waals surface area contributed by atoms with Gasteiger partial charge >= 0.3 is 0 Å². The molecule has 0 aliphatic heterocycles. The summed E-state index contributed by atoms with van der Waals surface area (Å²) in [4.78, 5) is 30.4. The summed E-state index contributed by atoms with van der Waals surface area (Å²) in [5.74, 6) is -0.791. The van der Waals surface area contributed by atoms with Crippen LogP contribution in [0.3, 0.4) is 0 Å². The minimum Gasteiger partial charge on any atom is -0.350 e. The van der Waals surface area contributed by atoms with E-state index in [2.05, 4.69) is 5.32 Å². The van der Waals surface area contributed by atoms with Crippen LogP contribution in [0, 0.1) is 27.7 Å². The summed E-state index contributed by atoms with van der Waals surface area (Å²) in [6, 6.07) is 28.5. The summed E-state index contributed by atoms with van der Waals surface area (Å²) in [6.07, 6.45) is 0.259. The van der Waals surface area contributed by atoms with Crippen molar-refractivity contribution in [3.63, 3.8) is 0 Å². The van der Waals surface area contributed by atoms with Crippen molar-refractivity contribution < 1.29 is 18.0 Å². The number of nitrogens with zero attached hydrogens (tertiary/aromatic N) is 2. The fourth-order valence-electron chi connectivity index (χ4n) is 5.44. The van der Waals surface area contributed by atoms with Crippen LogP contribution >= 0.6 is 0 Å². The van der Waals surface area contributed by atoms with Gasteiger partial charge in [0.25, 0.3) is 10.0 Å². The van der Waals surface area contributed by atoms with E-state index in [0.717, 1.165) is 33.4 Å². The maximum absolute atomic E-state index is 14.7. The lowest BCUT2D eigenvalue weighted by molar-refractivity contribution is -0.140. The van der Waals surface area contributed by atoms with Gasteiger partial charge in [0, 0.05) is 18.5 Å². The van der Waals surface area contributed by atoms with Gasteiger partial charge in [0.05, 0.1) is 10.6 Å². The van der Waals surface area contributed by atoms with Crippen molar-refractivity contribution in [3.05, 3.63) is 130 Å². The second-order valence-electron chi connectivity index (χ2n) is 13.1. The van der Waals surface area contributed by atoms with Gasteiger partial charge < -0.3 is 10.2 Å². The number of anilines is 1. The number of rotatable bonds is 11. The van der Waals surface area contributed by atoms with Crippen molar-refractivity contribution in [2.45, 2.75) is 77.9 Å². The van der Waals surface area contributed by atoms with Crippen LogP contribution in [-0.2, 0) is 32.6 Å². The number of sulfonamides is 1. The number of nitrogens with one attached hydrogen (secondary N) is 1. The lowest BCUT2D eigenvalue weighted by Crippen LogP contribution is -2.56. The van der Waals surface area contributed by atoms with Gasteiger partial charge in [-0.1, -0.05) is 78.4 Å². The average Bonchev–Trinajstić information content (AvgIpc) is 2.97. The first kappa shape index (κ1) is 34.4. The second-order valence-corrected chi connectivity index (χ2v) is 14.9. The van der Waals surface area contributed by atoms with Crippen molar-refractivity contribution in [3.8, 4) is 0 Å². The normalized spacial score (nSPS) is 12.3. The van der Waals surface area contributed by atoms with Gasteiger partial charge in [-0.25, -0.2) is 8.42 Å². The summed E-state index contributed by atoms with van der Waals surface area (Å²) in [6.45, 7) is 13.0. The molecule has 0 radical (unpaired) electrons. The Balaban J connectivity index is 1.85. The predicted octanol–water partition coefficient (Wildman–Crippen LogP) is 6.67. The third-order valence-electron chi connectivity index (χ3n) is 7.75. The Bertz CT molecular complexity index is 1760. The van der Waals surface area contributed by atoms with Gasteiger partial charge in [0.2, 0.25) is 11.8 Å². The molecule has 0 aromatic heterocycles. The SMILES string of the molecule is Cc1ccc(S(=O)(=O)N(CC(=O)N(Cc2ccccc2C)[C@H](Cc2ccccc2)C(=O)NC(C)(C)C)c2cc(C)cc(C)c2)cc1. The number of aryl methyl sites for hydroxylation is 4. The molecule has 0 saturated carbocycles. The van der Waals surface area contributed by atoms with E-state index >= 15 is 0 Å². The monoisotopic (exact) mass is 639 g/mol. The van der Waals surface area contributed by atoms with Crippen LogP contribution in [0.4, 0.5) is 5.69 Å². The van der Waals surface area contributed by atoms with Gasteiger partial charge in [-0.3, -0.25) is 13.9 Å². The molecule has 46 heavy (non-hydrogen) atoms. The van der Waals surface area contributed by atoms with Crippen LogP contribution in [-0.4, -0.2) is 43.3 Å². The average molecular weight is 640 g/mol. The zero-order valence-corrected chi connectivity index (χ0v) is 28.7. The number of amides is 2. The standard InChI is InChI=1S/C38H45N3O4S/c1-27-17-19-34(20-18-27)46(44,45)41(33-22-28(2)21-29(3)23-33)26-36(42)40(25-32-16-12-11-13-30(32)4)35(37(43)39-38(5,6)7)24-31-14-9-8-10-15-31/h8-23,35H,24-26H2,1-7H3,(H,39,43)/t35-/m1/s1. The topological polar surface area (TPSA) is 86.8 Å². The third-order valence-corrected chi connectivity index (χ3v) is 9.54. The number of carbonyl (C=O) groups excluding carboxylic acids is 2. The summed E-state index contributed by atoms with van der Waals surface area (Å²) in [7, 11) is -4.16. The van der Waals surface area contributed by atoms with Gasteiger partial charge in [-0.2, -0.15) is 0 Å². The number of hydrogen-bond acceptors (Lipinski definition) is 4.